The summed E-state index contributed by atoms with van der Waals surface area (Å²) in [5.74, 6) is -0.951. The van der Waals surface area contributed by atoms with Gasteiger partial charge >= 0.3 is 6.36 Å². The Morgan fingerprint density at radius 2 is 1.90 bits per heavy atom. The van der Waals surface area contributed by atoms with Crippen LogP contribution in [0.5, 0.6) is 5.75 Å². The van der Waals surface area contributed by atoms with E-state index >= 15 is 0 Å². The van der Waals surface area contributed by atoms with Crippen molar-refractivity contribution < 1.29 is 35.9 Å². The number of hydrogen-bond donors (Lipinski definition) is 2. The smallest absolute Gasteiger partial charge is 0.406 e. The van der Waals surface area contributed by atoms with Crippen LogP contribution in [0.3, 0.4) is 0 Å². The van der Waals surface area contributed by atoms with Crippen molar-refractivity contribution in [2.75, 3.05) is 24.2 Å². The number of halogens is 3. The van der Waals surface area contributed by atoms with Crippen LogP contribution in [0, 0.1) is 6.92 Å². The lowest BCUT2D eigenvalue weighted by molar-refractivity contribution is -0.274. The number of carbonyl (C=O) groups excluding carboxylic acids is 2. The number of amides is 2. The van der Waals surface area contributed by atoms with Crippen molar-refractivity contribution in [1.82, 2.24) is 9.62 Å². The van der Waals surface area contributed by atoms with Crippen molar-refractivity contribution in [1.29, 1.82) is 0 Å². The average Bonchev–Trinajstić information content (AvgIpc) is 3.18. The monoisotopic (exact) mass is 566 g/mol. The third kappa shape index (κ3) is 6.77. The molecule has 210 valence electrons. The largest absolute Gasteiger partial charge is 0.573 e. The second kappa shape index (κ2) is 11.0. The molecule has 2 aliphatic heterocycles. The predicted molar refractivity (Wildman–Crippen MR) is 139 cm³/mol. The molecule has 0 aromatic heterocycles. The van der Waals surface area contributed by atoms with Gasteiger partial charge in [0.2, 0.25) is 15.9 Å². The zero-order chi connectivity index (χ0) is 28.4. The van der Waals surface area contributed by atoms with Gasteiger partial charge in [0.25, 0.3) is 5.91 Å². The number of sulfonamides is 1. The molecule has 9 nitrogen and oxygen atoms in total. The highest BCUT2D eigenvalue weighted by molar-refractivity contribution is 7.89. The molecule has 1 fully saturated rings. The average molecular weight is 567 g/mol. The molecular formula is C26H29F3N4O5S. The SMILES string of the molecule is CCC(=O)Nc1ccc(CCS(=O)(=O)N2CCC3(CC2)N=C(c2cccc(OC(F)(F)F)c2)NC3=O)c(C)c1. The minimum atomic E-state index is -4.85. The van der Waals surface area contributed by atoms with Gasteiger partial charge in [-0.2, -0.15) is 0 Å². The number of benzene rings is 2. The molecule has 0 atom stereocenters. The first-order chi connectivity index (χ1) is 18.3. The van der Waals surface area contributed by atoms with Gasteiger partial charge in [0.15, 0.2) is 0 Å². The predicted octanol–water partition coefficient (Wildman–Crippen LogP) is 3.53. The van der Waals surface area contributed by atoms with Gasteiger partial charge in [0.1, 0.15) is 17.1 Å². The quantitative estimate of drug-likeness (QED) is 0.507. The molecule has 0 radical (unpaired) electrons. The summed E-state index contributed by atoms with van der Waals surface area (Å²) in [5.41, 5.74) is 1.44. The fourth-order valence-corrected chi connectivity index (χ4v) is 6.11. The van der Waals surface area contributed by atoms with E-state index in [2.05, 4.69) is 20.4 Å². The third-order valence-corrected chi connectivity index (χ3v) is 8.71. The number of hydrogen-bond acceptors (Lipinski definition) is 6. The number of anilines is 1. The normalized spacial score (nSPS) is 17.6. The van der Waals surface area contributed by atoms with E-state index in [1.165, 1.54) is 16.4 Å². The van der Waals surface area contributed by atoms with Gasteiger partial charge in [-0.1, -0.05) is 25.1 Å². The van der Waals surface area contributed by atoms with Crippen molar-refractivity contribution in [3.05, 3.63) is 59.2 Å². The summed E-state index contributed by atoms with van der Waals surface area (Å²) in [6.45, 7) is 3.78. The number of piperidine rings is 1. The summed E-state index contributed by atoms with van der Waals surface area (Å²) in [5, 5.41) is 5.40. The lowest BCUT2D eigenvalue weighted by Gasteiger charge is -2.34. The molecule has 2 aromatic carbocycles. The number of nitrogens with zero attached hydrogens (tertiary/aromatic N) is 2. The van der Waals surface area contributed by atoms with E-state index in [9.17, 15) is 31.2 Å². The first-order valence-electron chi connectivity index (χ1n) is 12.4. The molecule has 0 aliphatic carbocycles. The zero-order valence-corrected chi connectivity index (χ0v) is 22.3. The van der Waals surface area contributed by atoms with Gasteiger partial charge in [0.05, 0.1) is 5.75 Å². The second-order valence-corrected chi connectivity index (χ2v) is 11.6. The van der Waals surface area contributed by atoms with Crippen LogP contribution in [0.15, 0.2) is 47.5 Å². The van der Waals surface area contributed by atoms with E-state index < -0.39 is 33.6 Å². The van der Waals surface area contributed by atoms with Crippen LogP contribution in [0.25, 0.3) is 0 Å². The Balaban J connectivity index is 1.39. The summed E-state index contributed by atoms with van der Waals surface area (Å²) in [6, 6.07) is 10.5. The molecule has 2 amide bonds. The van der Waals surface area contributed by atoms with Gasteiger partial charge in [-0.05, 0) is 61.6 Å². The van der Waals surface area contributed by atoms with Crippen LogP contribution in [-0.2, 0) is 26.0 Å². The number of aliphatic imine (C=N–C) groups is 1. The summed E-state index contributed by atoms with van der Waals surface area (Å²) in [7, 11) is -3.62. The maximum Gasteiger partial charge on any atom is 0.573 e. The van der Waals surface area contributed by atoms with Gasteiger partial charge < -0.3 is 15.4 Å². The van der Waals surface area contributed by atoms with E-state index in [0.717, 1.165) is 23.3 Å². The molecule has 1 saturated heterocycles. The molecular weight excluding hydrogens is 537 g/mol. The molecule has 0 saturated carbocycles. The molecule has 1 spiro atoms. The van der Waals surface area contributed by atoms with Crippen molar-refractivity contribution >= 4 is 33.4 Å². The van der Waals surface area contributed by atoms with Crippen molar-refractivity contribution in [3.63, 3.8) is 0 Å². The number of alkyl halides is 3. The maximum atomic E-state index is 13.1. The zero-order valence-electron chi connectivity index (χ0n) is 21.5. The Bertz CT molecular complexity index is 1400. The molecule has 4 rings (SSSR count). The summed E-state index contributed by atoms with van der Waals surface area (Å²) in [4.78, 5) is 28.9. The van der Waals surface area contributed by atoms with E-state index in [4.69, 9.17) is 0 Å². The molecule has 2 aromatic rings. The van der Waals surface area contributed by atoms with Crippen LogP contribution in [-0.4, -0.2) is 61.1 Å². The minimum absolute atomic E-state index is 0.0880. The number of rotatable bonds is 8. The molecule has 2 N–H and O–H groups in total. The molecule has 39 heavy (non-hydrogen) atoms. The number of ether oxygens (including phenoxy) is 1. The van der Waals surface area contributed by atoms with Crippen molar-refractivity contribution in [2.24, 2.45) is 4.99 Å². The molecule has 0 bridgehead atoms. The Labute approximate surface area is 224 Å². The second-order valence-electron chi connectivity index (χ2n) is 9.53. The van der Waals surface area contributed by atoms with Crippen LogP contribution in [0.4, 0.5) is 18.9 Å². The van der Waals surface area contributed by atoms with Gasteiger partial charge in [-0.3, -0.25) is 14.6 Å². The molecule has 0 unspecified atom stereocenters. The Morgan fingerprint density at radius 3 is 2.54 bits per heavy atom. The standard InChI is InChI=1S/C26H29F3N4O5S/c1-3-22(34)30-20-8-7-18(17(2)15-20)9-14-39(36,37)33-12-10-25(11-13-33)24(35)31-23(32-25)19-5-4-6-21(16-19)38-26(27,28)29/h4-8,15-16H,3,9-14H2,1-2H3,(H,30,34)(H,31,32,35). The van der Waals surface area contributed by atoms with Crippen LogP contribution < -0.4 is 15.4 Å². The van der Waals surface area contributed by atoms with Crippen LogP contribution in [0.1, 0.15) is 42.9 Å². The van der Waals surface area contributed by atoms with Gasteiger partial charge in [-0.15, -0.1) is 13.2 Å². The lowest BCUT2D eigenvalue weighted by atomic mass is 9.89. The minimum Gasteiger partial charge on any atom is -0.406 e. The van der Waals surface area contributed by atoms with Crippen LogP contribution >= 0.6 is 0 Å². The van der Waals surface area contributed by atoms with E-state index in [0.29, 0.717) is 12.1 Å². The van der Waals surface area contributed by atoms with Crippen LogP contribution in [0.2, 0.25) is 0 Å². The summed E-state index contributed by atoms with van der Waals surface area (Å²) < 4.78 is 69.2. The number of carbonyl (C=O) groups is 2. The van der Waals surface area contributed by atoms with E-state index in [1.54, 1.807) is 25.1 Å². The van der Waals surface area contributed by atoms with Gasteiger partial charge in [0, 0.05) is 30.8 Å². The van der Waals surface area contributed by atoms with Crippen molar-refractivity contribution in [2.45, 2.75) is 51.4 Å². The van der Waals surface area contributed by atoms with Gasteiger partial charge in [-0.25, -0.2) is 12.7 Å². The first kappa shape index (κ1) is 28.6. The summed E-state index contributed by atoms with van der Waals surface area (Å²) >= 11 is 0. The van der Waals surface area contributed by atoms with Crippen molar-refractivity contribution in [3.8, 4) is 5.75 Å². The maximum absolute atomic E-state index is 13.1. The molecule has 2 aliphatic rings. The lowest BCUT2D eigenvalue weighted by Crippen LogP contribution is -2.50. The fourth-order valence-electron chi connectivity index (χ4n) is 4.64. The van der Waals surface area contributed by atoms with E-state index in [1.807, 2.05) is 6.92 Å². The Kier molecular flexibility index (Phi) is 8.03. The Hall–Kier alpha value is -3.45. The number of nitrogens with one attached hydrogen (secondary N) is 2. The highest BCUT2D eigenvalue weighted by Crippen LogP contribution is 2.33. The summed E-state index contributed by atoms with van der Waals surface area (Å²) in [6.07, 6.45) is -3.92. The number of aryl methyl sites for hydroxylation is 2. The molecule has 13 heteroatoms. The number of amidine groups is 1. The highest BCUT2D eigenvalue weighted by Gasteiger charge is 2.47. The third-order valence-electron chi connectivity index (χ3n) is 6.84. The first-order valence-corrected chi connectivity index (χ1v) is 14.1. The highest BCUT2D eigenvalue weighted by atomic mass is 32.2. The molecule has 2 heterocycles. The fraction of sp³-hybridized carbons (Fsp3) is 0.423. The topological polar surface area (TPSA) is 117 Å². The van der Waals surface area contributed by atoms with E-state index in [-0.39, 0.29) is 55.4 Å². The Morgan fingerprint density at radius 1 is 1.18 bits per heavy atom.